The number of amides is 2. The van der Waals surface area contributed by atoms with E-state index >= 15 is 0 Å². The summed E-state index contributed by atoms with van der Waals surface area (Å²) >= 11 is 1.99. The number of hydrogen-bond acceptors (Lipinski definition) is 8. The number of thioether (sulfide) groups is 1. The Labute approximate surface area is 194 Å². The lowest BCUT2D eigenvalue weighted by Gasteiger charge is -2.13. The Balaban J connectivity index is 1.58. The minimum Gasteiger partial charge on any atom is -0.497 e. The average molecular weight is 499 g/mol. The predicted octanol–water partition coefficient (Wildman–Crippen LogP) is 4.56. The highest BCUT2D eigenvalue weighted by Gasteiger charge is 2.33. The Morgan fingerprint density at radius 1 is 1.06 bits per heavy atom. The number of para-hydroxylation sites is 1. The van der Waals surface area contributed by atoms with E-state index in [2.05, 4.69) is 20.8 Å². The van der Waals surface area contributed by atoms with Crippen LogP contribution in [0.25, 0.3) is 0 Å². The predicted molar refractivity (Wildman–Crippen MR) is 118 cm³/mol. The molecule has 0 fully saturated rings. The average Bonchev–Trinajstić information content (AvgIpc) is 3.24. The van der Waals surface area contributed by atoms with Gasteiger partial charge in [-0.25, -0.2) is 0 Å². The molecule has 3 aromatic rings. The van der Waals surface area contributed by atoms with Gasteiger partial charge in [-0.1, -0.05) is 35.2 Å². The summed E-state index contributed by atoms with van der Waals surface area (Å²) in [6, 6.07) is 9.41. The fourth-order valence-electron chi connectivity index (χ4n) is 2.62. The van der Waals surface area contributed by atoms with Crippen LogP contribution >= 0.6 is 23.1 Å². The highest BCUT2D eigenvalue weighted by molar-refractivity contribution is 8.01. The highest BCUT2D eigenvalue weighted by Crippen LogP contribution is 2.35. The van der Waals surface area contributed by atoms with Crippen LogP contribution in [0.5, 0.6) is 11.5 Å². The monoisotopic (exact) mass is 498 g/mol. The van der Waals surface area contributed by atoms with Gasteiger partial charge >= 0.3 is 6.18 Å². The smallest absolute Gasteiger partial charge is 0.418 e. The van der Waals surface area contributed by atoms with Crippen molar-refractivity contribution in [3.8, 4) is 11.5 Å². The van der Waals surface area contributed by atoms with E-state index < -0.39 is 23.6 Å². The van der Waals surface area contributed by atoms with Gasteiger partial charge in [-0.05, 0) is 24.3 Å². The van der Waals surface area contributed by atoms with Crippen molar-refractivity contribution in [2.75, 3.05) is 30.6 Å². The lowest BCUT2D eigenvalue weighted by molar-refractivity contribution is -0.137. The van der Waals surface area contributed by atoms with Crippen LogP contribution in [0.2, 0.25) is 0 Å². The lowest BCUT2D eigenvalue weighted by atomic mass is 10.1. The molecule has 1 heterocycles. The maximum atomic E-state index is 13.0. The van der Waals surface area contributed by atoms with Crippen molar-refractivity contribution in [1.82, 2.24) is 10.2 Å². The van der Waals surface area contributed by atoms with Crippen molar-refractivity contribution in [2.24, 2.45) is 0 Å². The van der Waals surface area contributed by atoms with E-state index in [4.69, 9.17) is 9.47 Å². The van der Waals surface area contributed by atoms with E-state index in [0.717, 1.165) is 29.2 Å². The number of carbonyl (C=O) groups is 2. The molecule has 3 rings (SSSR count). The third-order valence-electron chi connectivity index (χ3n) is 4.11. The summed E-state index contributed by atoms with van der Waals surface area (Å²) in [5.41, 5.74) is -1.00. The molecule has 2 aromatic carbocycles. The van der Waals surface area contributed by atoms with E-state index in [1.807, 2.05) is 0 Å². The van der Waals surface area contributed by atoms with E-state index in [9.17, 15) is 22.8 Å². The summed E-state index contributed by atoms with van der Waals surface area (Å²) in [6.07, 6.45) is -4.59. The number of nitrogens with zero attached hydrogens (tertiary/aromatic N) is 2. The van der Waals surface area contributed by atoms with Gasteiger partial charge in [0.2, 0.25) is 11.0 Å². The summed E-state index contributed by atoms with van der Waals surface area (Å²) in [6.45, 7) is 0. The third kappa shape index (κ3) is 6.35. The van der Waals surface area contributed by atoms with Crippen molar-refractivity contribution in [2.45, 2.75) is 10.5 Å². The summed E-state index contributed by atoms with van der Waals surface area (Å²) in [4.78, 5) is 24.6. The van der Waals surface area contributed by atoms with Crippen LogP contribution in [-0.4, -0.2) is 42.0 Å². The van der Waals surface area contributed by atoms with E-state index in [1.165, 1.54) is 38.5 Å². The number of nitrogens with one attached hydrogen (secondary N) is 2. The Morgan fingerprint density at radius 2 is 1.82 bits per heavy atom. The summed E-state index contributed by atoms with van der Waals surface area (Å²) in [5, 5.41) is 12.7. The number of benzene rings is 2. The molecule has 0 aliphatic heterocycles. The molecule has 174 valence electrons. The molecule has 33 heavy (non-hydrogen) atoms. The molecule has 0 radical (unpaired) electrons. The molecule has 0 aliphatic carbocycles. The zero-order valence-electron chi connectivity index (χ0n) is 17.2. The van der Waals surface area contributed by atoms with Gasteiger partial charge in [-0.3, -0.25) is 14.9 Å². The van der Waals surface area contributed by atoms with Gasteiger partial charge in [0.05, 0.1) is 36.8 Å². The molecule has 0 atom stereocenters. The first-order chi connectivity index (χ1) is 15.7. The largest absolute Gasteiger partial charge is 0.497 e. The molecule has 2 N–H and O–H groups in total. The number of hydrogen-bond donors (Lipinski definition) is 2. The number of anilines is 2. The number of halogens is 3. The topological polar surface area (TPSA) is 102 Å². The molecule has 0 unspecified atom stereocenters. The minimum atomic E-state index is -4.59. The van der Waals surface area contributed by atoms with Gasteiger partial charge in [0, 0.05) is 6.07 Å². The molecule has 0 spiro atoms. The van der Waals surface area contributed by atoms with E-state index in [0.29, 0.717) is 15.8 Å². The van der Waals surface area contributed by atoms with Crippen LogP contribution in [0.4, 0.5) is 24.0 Å². The van der Waals surface area contributed by atoms with E-state index in [1.54, 1.807) is 12.1 Å². The van der Waals surface area contributed by atoms with Gasteiger partial charge in [-0.2, -0.15) is 13.2 Å². The Bertz CT molecular complexity index is 1150. The van der Waals surface area contributed by atoms with Crippen LogP contribution in [0, 0.1) is 0 Å². The quantitative estimate of drug-likeness (QED) is 0.347. The summed E-state index contributed by atoms with van der Waals surface area (Å²) in [5.74, 6) is -0.485. The molecule has 1 aromatic heterocycles. The van der Waals surface area contributed by atoms with E-state index in [-0.39, 0.29) is 22.1 Å². The normalized spacial score (nSPS) is 11.1. The molecule has 0 bridgehead atoms. The maximum absolute atomic E-state index is 13.0. The number of alkyl halides is 3. The molecule has 8 nitrogen and oxygen atoms in total. The van der Waals surface area contributed by atoms with Gasteiger partial charge < -0.3 is 14.8 Å². The molecule has 0 saturated carbocycles. The fraction of sp³-hybridized carbons (Fsp3) is 0.200. The first-order valence-electron chi connectivity index (χ1n) is 9.17. The van der Waals surface area contributed by atoms with Crippen molar-refractivity contribution < 1.29 is 32.2 Å². The zero-order valence-corrected chi connectivity index (χ0v) is 18.9. The minimum absolute atomic E-state index is 0.184. The summed E-state index contributed by atoms with van der Waals surface area (Å²) < 4.78 is 49.8. The Morgan fingerprint density at radius 3 is 2.52 bits per heavy atom. The molecule has 0 aliphatic rings. The maximum Gasteiger partial charge on any atom is 0.418 e. The molecule has 0 saturated heterocycles. The van der Waals surface area contributed by atoms with Crippen molar-refractivity contribution in [3.05, 3.63) is 53.6 Å². The van der Waals surface area contributed by atoms with Crippen LogP contribution in [0.3, 0.4) is 0 Å². The van der Waals surface area contributed by atoms with Crippen molar-refractivity contribution in [3.63, 3.8) is 0 Å². The van der Waals surface area contributed by atoms with Crippen LogP contribution < -0.4 is 20.1 Å². The zero-order chi connectivity index (χ0) is 24.0. The first kappa shape index (κ1) is 24.3. The van der Waals surface area contributed by atoms with Gasteiger partial charge in [-0.15, -0.1) is 10.2 Å². The summed E-state index contributed by atoms with van der Waals surface area (Å²) in [7, 11) is 2.91. The van der Waals surface area contributed by atoms with Crippen molar-refractivity contribution in [1.29, 1.82) is 0 Å². The van der Waals surface area contributed by atoms with Gasteiger partial charge in [0.15, 0.2) is 4.34 Å². The lowest BCUT2D eigenvalue weighted by Crippen LogP contribution is -2.18. The van der Waals surface area contributed by atoms with Gasteiger partial charge in [0.1, 0.15) is 11.5 Å². The second kappa shape index (κ2) is 10.5. The van der Waals surface area contributed by atoms with Crippen LogP contribution in [0.1, 0.15) is 15.9 Å². The Hall–Kier alpha value is -3.32. The fourth-order valence-corrected chi connectivity index (χ4v) is 4.17. The molecule has 13 heteroatoms. The number of aromatic nitrogens is 2. The second-order valence-corrected chi connectivity index (χ2v) is 8.47. The number of rotatable bonds is 8. The second-order valence-electron chi connectivity index (χ2n) is 6.27. The molecular formula is C20H17F3N4O4S2. The Kier molecular flexibility index (Phi) is 7.76. The SMILES string of the molecule is COc1ccc(C(=O)Nc2nnc(SCC(=O)Nc3ccccc3C(F)(F)F)s2)c(OC)c1. The molecule has 2 amide bonds. The highest BCUT2D eigenvalue weighted by atomic mass is 32.2. The first-order valence-corrected chi connectivity index (χ1v) is 11.0. The standard InChI is InChI=1S/C20H17F3N4O4S2/c1-30-11-7-8-12(15(9-11)31-2)17(29)25-18-26-27-19(33-18)32-10-16(28)24-14-6-4-3-5-13(14)20(21,22)23/h3-9H,10H2,1-2H3,(H,24,28)(H,25,26,29). The number of methoxy groups -OCH3 is 2. The number of ether oxygens (including phenoxy) is 2. The van der Waals surface area contributed by atoms with Crippen LogP contribution in [-0.2, 0) is 11.0 Å². The third-order valence-corrected chi connectivity index (χ3v) is 6.09. The van der Waals surface area contributed by atoms with Crippen LogP contribution in [0.15, 0.2) is 46.8 Å². The van der Waals surface area contributed by atoms with Crippen molar-refractivity contribution >= 4 is 45.7 Å². The molecular weight excluding hydrogens is 481 g/mol. The van der Waals surface area contributed by atoms with Gasteiger partial charge in [0.25, 0.3) is 5.91 Å². The number of carbonyl (C=O) groups excluding carboxylic acids is 2.